The molecule has 0 fully saturated rings. The summed E-state index contributed by atoms with van der Waals surface area (Å²) in [5, 5.41) is 0.934. The molecule has 3 N–H and O–H groups in total. The Kier molecular flexibility index (Phi) is 8.14. The number of carbonyl (C=O) groups is 1. The average Bonchev–Trinajstić information content (AvgIpc) is 2.75. The summed E-state index contributed by atoms with van der Waals surface area (Å²) in [6.45, 7) is 6.80. The van der Waals surface area contributed by atoms with E-state index in [-0.39, 0.29) is 12.0 Å². The molecule has 3 rings (SSSR count). The smallest absolute Gasteiger partial charge is 0.323 e. The first-order valence-corrected chi connectivity index (χ1v) is 11.2. The first kappa shape index (κ1) is 22.9. The molecule has 3 aromatic rings. The van der Waals surface area contributed by atoms with Crippen molar-refractivity contribution in [3.8, 4) is 5.75 Å². The quantitative estimate of drug-likeness (QED) is 0.341. The molecule has 164 valence electrons. The van der Waals surface area contributed by atoms with Crippen LogP contribution in [0.1, 0.15) is 32.8 Å². The third-order valence-corrected chi connectivity index (χ3v) is 5.52. The van der Waals surface area contributed by atoms with E-state index in [1.807, 2.05) is 55.5 Å². The van der Waals surface area contributed by atoms with Gasteiger partial charge >= 0.3 is 5.97 Å². The van der Waals surface area contributed by atoms with E-state index in [1.165, 1.54) is 11.9 Å². The monoisotopic (exact) mass is 439 g/mol. The second-order valence-electron chi connectivity index (χ2n) is 7.65. The molecule has 0 radical (unpaired) electrons. The first-order valence-electron chi connectivity index (χ1n) is 10.4. The van der Waals surface area contributed by atoms with Crippen molar-refractivity contribution in [2.45, 2.75) is 44.7 Å². The van der Waals surface area contributed by atoms with Crippen molar-refractivity contribution in [2.24, 2.45) is 5.92 Å². The van der Waals surface area contributed by atoms with Gasteiger partial charge in [0.2, 0.25) is 0 Å². The molecule has 1 heterocycles. The highest BCUT2D eigenvalue weighted by Gasteiger charge is 2.21. The summed E-state index contributed by atoms with van der Waals surface area (Å²) >= 11 is 1.44. The Balaban J connectivity index is 1.60. The van der Waals surface area contributed by atoms with Gasteiger partial charge < -0.3 is 15.2 Å². The summed E-state index contributed by atoms with van der Waals surface area (Å²) in [5.74, 6) is 1.33. The van der Waals surface area contributed by atoms with Crippen molar-refractivity contribution in [1.29, 1.82) is 0 Å². The fraction of sp³-hybridized carbons (Fsp3) is 0.333. The van der Waals surface area contributed by atoms with Crippen LogP contribution in [0, 0.1) is 5.92 Å². The normalized spacial score (nSPS) is 12.1. The lowest BCUT2D eigenvalue weighted by molar-refractivity contribution is -0.145. The van der Waals surface area contributed by atoms with E-state index in [0.29, 0.717) is 30.7 Å². The van der Waals surface area contributed by atoms with Crippen molar-refractivity contribution in [2.75, 3.05) is 12.3 Å². The molecule has 0 bridgehead atoms. The molecule has 1 atom stereocenters. The highest BCUT2D eigenvalue weighted by Crippen LogP contribution is 2.27. The lowest BCUT2D eigenvalue weighted by atomic mass is 10.1. The third kappa shape index (κ3) is 6.60. The van der Waals surface area contributed by atoms with Crippen LogP contribution in [0.3, 0.4) is 0 Å². The average molecular weight is 440 g/mol. The fourth-order valence-corrected chi connectivity index (χ4v) is 3.89. The van der Waals surface area contributed by atoms with E-state index < -0.39 is 0 Å². The van der Waals surface area contributed by atoms with Crippen LogP contribution in [0.15, 0.2) is 59.5 Å². The van der Waals surface area contributed by atoms with E-state index in [9.17, 15) is 4.79 Å². The second kappa shape index (κ2) is 11.0. The first-order chi connectivity index (χ1) is 15.0. The van der Waals surface area contributed by atoms with Crippen LogP contribution in [0.4, 0.5) is 5.82 Å². The zero-order chi connectivity index (χ0) is 22.2. The number of carbonyl (C=O) groups excluding carboxylic acids is 1. The predicted molar refractivity (Wildman–Crippen MR) is 126 cm³/mol. The van der Waals surface area contributed by atoms with Gasteiger partial charge in [-0.1, -0.05) is 38.1 Å². The largest absolute Gasteiger partial charge is 0.488 e. The molecule has 0 aliphatic rings. The van der Waals surface area contributed by atoms with Crippen LogP contribution in [0.2, 0.25) is 0 Å². The number of nitrogen functional groups attached to an aromatic ring is 1. The lowest BCUT2D eigenvalue weighted by Crippen LogP contribution is -2.35. The van der Waals surface area contributed by atoms with Gasteiger partial charge in [-0.3, -0.25) is 4.79 Å². The number of anilines is 1. The van der Waals surface area contributed by atoms with Crippen molar-refractivity contribution < 1.29 is 14.3 Å². The molecule has 0 saturated carbocycles. The van der Waals surface area contributed by atoms with Crippen LogP contribution in [-0.4, -0.2) is 23.6 Å². The number of esters is 1. The highest BCUT2D eigenvalue weighted by atomic mass is 32.2. The molecule has 6 nitrogen and oxygen atoms in total. The maximum Gasteiger partial charge on any atom is 0.323 e. The van der Waals surface area contributed by atoms with Gasteiger partial charge in [-0.25, -0.2) is 9.71 Å². The van der Waals surface area contributed by atoms with E-state index in [4.69, 9.17) is 15.2 Å². The Bertz CT molecular complexity index is 1010. The standard InChI is InChI=1S/C24H29N3O3S/c1-4-29-24(28)21(13-16(2)3)27-31-18-11-9-17(10-12-18)15-30-22-14-23(25)26-20-8-6-5-7-19(20)22/h5-12,14,16,21,27H,4,13,15H2,1-3H3,(H2,25,26)/t21-/m0/s1. The minimum Gasteiger partial charge on any atom is -0.488 e. The van der Waals surface area contributed by atoms with Crippen LogP contribution < -0.4 is 15.2 Å². The van der Waals surface area contributed by atoms with Gasteiger partial charge in [-0.15, -0.1) is 0 Å². The number of pyridine rings is 1. The molecule has 0 aliphatic heterocycles. The fourth-order valence-electron chi connectivity index (χ4n) is 3.14. The highest BCUT2D eigenvalue weighted by molar-refractivity contribution is 7.97. The lowest BCUT2D eigenvalue weighted by Gasteiger charge is -2.18. The van der Waals surface area contributed by atoms with E-state index in [1.54, 1.807) is 6.07 Å². The number of nitrogens with two attached hydrogens (primary N) is 1. The second-order valence-corrected chi connectivity index (χ2v) is 8.56. The summed E-state index contributed by atoms with van der Waals surface area (Å²) < 4.78 is 14.4. The number of nitrogens with zero attached hydrogens (tertiary/aromatic N) is 1. The molecule has 31 heavy (non-hydrogen) atoms. The van der Waals surface area contributed by atoms with Gasteiger partial charge in [0, 0.05) is 16.3 Å². The number of rotatable bonds is 10. The molecule has 0 unspecified atom stereocenters. The van der Waals surface area contributed by atoms with E-state index >= 15 is 0 Å². The van der Waals surface area contributed by atoms with Gasteiger partial charge in [-0.2, -0.15) is 0 Å². The molecule has 2 aromatic carbocycles. The summed E-state index contributed by atoms with van der Waals surface area (Å²) in [4.78, 5) is 17.5. The van der Waals surface area contributed by atoms with Crippen molar-refractivity contribution >= 4 is 34.6 Å². The Labute approximate surface area is 187 Å². The Morgan fingerprint density at radius 1 is 1.16 bits per heavy atom. The van der Waals surface area contributed by atoms with Crippen molar-refractivity contribution in [1.82, 2.24) is 9.71 Å². The molecule has 0 aliphatic carbocycles. The topological polar surface area (TPSA) is 86.5 Å². The predicted octanol–water partition coefficient (Wildman–Crippen LogP) is 4.97. The van der Waals surface area contributed by atoms with Gasteiger partial charge in [0.1, 0.15) is 24.2 Å². The van der Waals surface area contributed by atoms with Crippen LogP contribution >= 0.6 is 11.9 Å². The number of hydrogen-bond donors (Lipinski definition) is 2. The SMILES string of the molecule is CCOC(=O)[C@H](CC(C)C)NSc1ccc(COc2cc(N)nc3ccccc23)cc1. The summed E-state index contributed by atoms with van der Waals surface area (Å²) in [5.41, 5.74) is 7.76. The van der Waals surface area contributed by atoms with Gasteiger partial charge in [0.15, 0.2) is 0 Å². The molecule has 1 aromatic heterocycles. The molecular formula is C24H29N3O3S. The molecular weight excluding hydrogens is 410 g/mol. The number of aromatic nitrogens is 1. The Morgan fingerprint density at radius 3 is 2.61 bits per heavy atom. The summed E-state index contributed by atoms with van der Waals surface area (Å²) in [6, 6.07) is 17.2. The minimum absolute atomic E-state index is 0.211. The summed E-state index contributed by atoms with van der Waals surface area (Å²) in [6.07, 6.45) is 0.723. The van der Waals surface area contributed by atoms with Crippen LogP contribution in [-0.2, 0) is 16.1 Å². The van der Waals surface area contributed by atoms with E-state index in [0.717, 1.165) is 27.8 Å². The van der Waals surface area contributed by atoms with Gasteiger partial charge in [0.25, 0.3) is 0 Å². The van der Waals surface area contributed by atoms with Crippen molar-refractivity contribution in [3.63, 3.8) is 0 Å². The number of benzene rings is 2. The molecule has 0 spiro atoms. The molecule has 0 saturated heterocycles. The number of nitrogens with one attached hydrogen (secondary N) is 1. The number of para-hydroxylation sites is 1. The van der Waals surface area contributed by atoms with Gasteiger partial charge in [0.05, 0.1) is 12.1 Å². The maximum absolute atomic E-state index is 12.2. The summed E-state index contributed by atoms with van der Waals surface area (Å²) in [7, 11) is 0. The Morgan fingerprint density at radius 2 is 1.90 bits per heavy atom. The molecule has 0 amide bonds. The molecule has 7 heteroatoms. The zero-order valence-electron chi connectivity index (χ0n) is 18.1. The number of hydrogen-bond acceptors (Lipinski definition) is 7. The van der Waals surface area contributed by atoms with E-state index in [2.05, 4.69) is 23.6 Å². The Hall–Kier alpha value is -2.77. The van der Waals surface area contributed by atoms with Gasteiger partial charge in [-0.05, 0) is 61.0 Å². The van der Waals surface area contributed by atoms with Crippen molar-refractivity contribution in [3.05, 3.63) is 60.2 Å². The maximum atomic E-state index is 12.2. The zero-order valence-corrected chi connectivity index (χ0v) is 18.9. The number of ether oxygens (including phenoxy) is 2. The van der Waals surface area contributed by atoms with Crippen LogP contribution in [0.5, 0.6) is 5.75 Å². The minimum atomic E-state index is -0.335. The van der Waals surface area contributed by atoms with Crippen LogP contribution in [0.25, 0.3) is 10.9 Å². The number of fused-ring (bicyclic) bond motifs is 1. The third-order valence-electron chi connectivity index (χ3n) is 4.61.